The quantitative estimate of drug-likeness (QED) is 0.640. The molecular weight excluding hydrogens is 352 g/mol. The van der Waals surface area contributed by atoms with Gasteiger partial charge >= 0.3 is 11.9 Å². The number of hydrogen-bond donors (Lipinski definition) is 0. The second-order valence-corrected chi connectivity index (χ2v) is 7.71. The van der Waals surface area contributed by atoms with E-state index in [1.807, 2.05) is 36.4 Å². The molecule has 4 rings (SSSR count). The van der Waals surface area contributed by atoms with E-state index in [-0.39, 0.29) is 24.1 Å². The lowest BCUT2D eigenvalue weighted by Gasteiger charge is -2.17. The van der Waals surface area contributed by atoms with E-state index in [1.54, 1.807) is 12.1 Å². The van der Waals surface area contributed by atoms with Crippen LogP contribution in [0.2, 0.25) is 0 Å². The van der Waals surface area contributed by atoms with Crippen molar-refractivity contribution in [3.05, 3.63) is 59.7 Å². The molecule has 0 saturated heterocycles. The van der Waals surface area contributed by atoms with Crippen LogP contribution in [-0.4, -0.2) is 24.1 Å². The predicted octanol–water partition coefficient (Wildman–Crippen LogP) is 5.55. The van der Waals surface area contributed by atoms with Gasteiger partial charge in [-0.3, -0.25) is 0 Å². The molecule has 2 aromatic carbocycles. The SMILES string of the molecule is O=C(OC1CCCC1)c1ccccc1-c1ccccc1C(=O)OC1CCCC1. The van der Waals surface area contributed by atoms with E-state index in [2.05, 4.69) is 0 Å². The van der Waals surface area contributed by atoms with Crippen molar-refractivity contribution in [2.24, 2.45) is 0 Å². The largest absolute Gasteiger partial charge is 0.459 e. The highest BCUT2D eigenvalue weighted by molar-refractivity contribution is 6.03. The minimum absolute atomic E-state index is 0.00290. The van der Waals surface area contributed by atoms with Gasteiger partial charge in [0.25, 0.3) is 0 Å². The molecule has 0 aliphatic heterocycles. The van der Waals surface area contributed by atoms with E-state index in [0.29, 0.717) is 22.3 Å². The zero-order chi connectivity index (χ0) is 19.3. The van der Waals surface area contributed by atoms with Crippen LogP contribution in [0.4, 0.5) is 0 Å². The summed E-state index contributed by atoms with van der Waals surface area (Å²) in [6.45, 7) is 0. The highest BCUT2D eigenvalue weighted by Gasteiger charge is 2.25. The van der Waals surface area contributed by atoms with E-state index in [0.717, 1.165) is 51.4 Å². The molecule has 0 heterocycles. The average Bonchev–Trinajstić information content (AvgIpc) is 3.42. The fraction of sp³-hybridized carbons (Fsp3) is 0.417. The maximum atomic E-state index is 12.8. The minimum atomic E-state index is -0.318. The summed E-state index contributed by atoms with van der Waals surface area (Å²) in [4.78, 5) is 25.6. The van der Waals surface area contributed by atoms with Crippen molar-refractivity contribution in [3.63, 3.8) is 0 Å². The van der Waals surface area contributed by atoms with E-state index in [4.69, 9.17) is 9.47 Å². The number of esters is 2. The highest BCUT2D eigenvalue weighted by Crippen LogP contribution is 2.31. The van der Waals surface area contributed by atoms with Crippen LogP contribution >= 0.6 is 0 Å². The zero-order valence-corrected chi connectivity index (χ0v) is 16.1. The average molecular weight is 378 g/mol. The number of rotatable bonds is 5. The normalized spacial score (nSPS) is 17.6. The molecule has 28 heavy (non-hydrogen) atoms. The molecular formula is C24H26O4. The fourth-order valence-electron chi connectivity index (χ4n) is 4.23. The summed E-state index contributed by atoms with van der Waals surface area (Å²) in [5.41, 5.74) is 2.42. The Balaban J connectivity index is 1.62. The van der Waals surface area contributed by atoms with Crippen molar-refractivity contribution >= 4 is 11.9 Å². The summed E-state index contributed by atoms with van der Waals surface area (Å²) in [5.74, 6) is -0.636. The van der Waals surface area contributed by atoms with Gasteiger partial charge in [-0.05, 0) is 74.6 Å². The molecule has 0 unspecified atom stereocenters. The third-order valence-electron chi connectivity index (χ3n) is 5.74. The number of carbonyl (C=O) groups is 2. The Morgan fingerprint density at radius 3 is 1.36 bits per heavy atom. The molecule has 0 spiro atoms. The van der Waals surface area contributed by atoms with Gasteiger partial charge in [0.1, 0.15) is 12.2 Å². The molecule has 0 radical (unpaired) electrons. The second kappa shape index (κ2) is 8.59. The maximum absolute atomic E-state index is 12.8. The molecule has 4 nitrogen and oxygen atoms in total. The van der Waals surface area contributed by atoms with Crippen molar-refractivity contribution in [2.45, 2.75) is 63.6 Å². The van der Waals surface area contributed by atoms with Crippen LogP contribution in [0, 0.1) is 0 Å². The van der Waals surface area contributed by atoms with Gasteiger partial charge in [-0.2, -0.15) is 0 Å². The first-order valence-corrected chi connectivity index (χ1v) is 10.3. The Kier molecular flexibility index (Phi) is 5.75. The Bertz CT molecular complexity index is 774. The van der Waals surface area contributed by atoms with Gasteiger partial charge < -0.3 is 9.47 Å². The number of carbonyl (C=O) groups excluding carboxylic acids is 2. The van der Waals surface area contributed by atoms with Gasteiger partial charge in [-0.15, -0.1) is 0 Å². The first-order valence-electron chi connectivity index (χ1n) is 10.3. The second-order valence-electron chi connectivity index (χ2n) is 7.71. The summed E-state index contributed by atoms with van der Waals surface area (Å²) in [6.07, 6.45) is 8.15. The standard InChI is InChI=1S/C24H26O4/c25-23(27-17-9-1-2-10-17)21-15-7-5-13-19(21)20-14-6-8-16-22(20)24(26)28-18-11-3-4-12-18/h5-8,13-18H,1-4,9-12H2. The topological polar surface area (TPSA) is 52.6 Å². The van der Waals surface area contributed by atoms with Crippen LogP contribution in [0.15, 0.2) is 48.5 Å². The Labute approximate surface area is 165 Å². The van der Waals surface area contributed by atoms with Gasteiger partial charge in [-0.1, -0.05) is 36.4 Å². The van der Waals surface area contributed by atoms with E-state index >= 15 is 0 Å². The third kappa shape index (κ3) is 4.11. The van der Waals surface area contributed by atoms with E-state index in [1.165, 1.54) is 0 Å². The minimum Gasteiger partial charge on any atom is -0.459 e. The molecule has 2 aliphatic carbocycles. The Hall–Kier alpha value is -2.62. The molecule has 0 N–H and O–H groups in total. The van der Waals surface area contributed by atoms with Gasteiger partial charge in [0, 0.05) is 0 Å². The molecule has 0 aromatic heterocycles. The first kappa shape index (κ1) is 18.7. The van der Waals surface area contributed by atoms with Gasteiger partial charge in [-0.25, -0.2) is 9.59 Å². The number of benzene rings is 2. The highest BCUT2D eigenvalue weighted by atomic mass is 16.5. The van der Waals surface area contributed by atoms with Gasteiger partial charge in [0.15, 0.2) is 0 Å². The lowest BCUT2D eigenvalue weighted by atomic mass is 9.95. The summed E-state index contributed by atoms with van der Waals surface area (Å²) in [5, 5.41) is 0. The van der Waals surface area contributed by atoms with E-state index in [9.17, 15) is 9.59 Å². The van der Waals surface area contributed by atoms with Crippen LogP contribution in [0.1, 0.15) is 72.1 Å². The molecule has 2 fully saturated rings. The van der Waals surface area contributed by atoms with E-state index < -0.39 is 0 Å². The molecule has 2 saturated carbocycles. The van der Waals surface area contributed by atoms with Crippen molar-refractivity contribution in [2.75, 3.05) is 0 Å². The molecule has 2 aliphatic rings. The lowest BCUT2D eigenvalue weighted by molar-refractivity contribution is 0.0306. The number of hydrogen-bond acceptors (Lipinski definition) is 4. The van der Waals surface area contributed by atoms with Crippen LogP contribution in [-0.2, 0) is 9.47 Å². The summed E-state index contributed by atoms with van der Waals surface area (Å²) < 4.78 is 11.4. The molecule has 2 aromatic rings. The molecule has 4 heteroatoms. The Morgan fingerprint density at radius 2 is 0.964 bits per heavy atom. The Morgan fingerprint density at radius 1 is 0.607 bits per heavy atom. The van der Waals surface area contributed by atoms with Crippen molar-refractivity contribution in [3.8, 4) is 11.1 Å². The van der Waals surface area contributed by atoms with Crippen LogP contribution in [0.5, 0.6) is 0 Å². The first-order chi connectivity index (χ1) is 13.7. The molecule has 146 valence electrons. The molecule has 0 atom stereocenters. The van der Waals surface area contributed by atoms with Crippen molar-refractivity contribution in [1.29, 1.82) is 0 Å². The molecule has 0 amide bonds. The zero-order valence-electron chi connectivity index (χ0n) is 16.1. The van der Waals surface area contributed by atoms with Gasteiger partial charge in [0.05, 0.1) is 11.1 Å². The maximum Gasteiger partial charge on any atom is 0.339 e. The van der Waals surface area contributed by atoms with Crippen molar-refractivity contribution < 1.29 is 19.1 Å². The summed E-state index contributed by atoms with van der Waals surface area (Å²) >= 11 is 0. The predicted molar refractivity (Wildman–Crippen MR) is 107 cm³/mol. The van der Waals surface area contributed by atoms with Crippen LogP contribution in [0.25, 0.3) is 11.1 Å². The molecule has 0 bridgehead atoms. The summed E-state index contributed by atoms with van der Waals surface area (Å²) in [7, 11) is 0. The van der Waals surface area contributed by atoms with Crippen LogP contribution in [0.3, 0.4) is 0 Å². The smallest absolute Gasteiger partial charge is 0.339 e. The summed E-state index contributed by atoms with van der Waals surface area (Å²) in [6, 6.07) is 14.7. The van der Waals surface area contributed by atoms with Crippen molar-refractivity contribution in [1.82, 2.24) is 0 Å². The third-order valence-corrected chi connectivity index (χ3v) is 5.74. The monoisotopic (exact) mass is 378 g/mol. The van der Waals surface area contributed by atoms with Gasteiger partial charge in [0.2, 0.25) is 0 Å². The van der Waals surface area contributed by atoms with Crippen LogP contribution < -0.4 is 0 Å². The fourth-order valence-corrected chi connectivity index (χ4v) is 4.23. The number of ether oxygens (including phenoxy) is 2. The lowest BCUT2D eigenvalue weighted by Crippen LogP contribution is -2.17.